The molecule has 96 valence electrons. The van der Waals surface area contributed by atoms with Crippen molar-refractivity contribution in [3.05, 3.63) is 30.2 Å². The average molecular weight is 265 g/mol. The second-order valence-electron chi connectivity index (χ2n) is 4.44. The molecule has 7 heteroatoms. The van der Waals surface area contributed by atoms with E-state index in [0.717, 1.165) is 4.90 Å². The van der Waals surface area contributed by atoms with Crippen molar-refractivity contribution in [3.63, 3.8) is 0 Å². The maximum absolute atomic E-state index is 5.88. The predicted octanol–water partition coefficient (Wildman–Crippen LogP) is 1.53. The van der Waals surface area contributed by atoms with Gasteiger partial charge in [0.2, 0.25) is 5.89 Å². The van der Waals surface area contributed by atoms with Gasteiger partial charge in [-0.2, -0.15) is 4.98 Å². The number of aromatic nitrogens is 3. The lowest BCUT2D eigenvalue weighted by molar-refractivity contribution is 0.370. The van der Waals surface area contributed by atoms with Crippen LogP contribution in [0.5, 0.6) is 0 Å². The number of pyridine rings is 1. The van der Waals surface area contributed by atoms with E-state index in [2.05, 4.69) is 15.1 Å². The van der Waals surface area contributed by atoms with Gasteiger partial charge < -0.3 is 16.0 Å². The van der Waals surface area contributed by atoms with E-state index in [-0.39, 0.29) is 0 Å². The molecule has 0 aliphatic rings. The first kappa shape index (κ1) is 12.8. The molecule has 6 nitrogen and oxygen atoms in total. The van der Waals surface area contributed by atoms with E-state index >= 15 is 0 Å². The number of rotatable bonds is 4. The highest BCUT2D eigenvalue weighted by atomic mass is 32.2. The van der Waals surface area contributed by atoms with Gasteiger partial charge in [0.15, 0.2) is 5.82 Å². The Morgan fingerprint density at radius 3 is 2.83 bits per heavy atom. The Bertz CT molecular complexity index is 534. The fraction of sp³-hybridized carbons (Fsp3) is 0.364. The molecule has 2 aromatic heterocycles. The number of anilines is 1. The summed E-state index contributed by atoms with van der Waals surface area (Å²) in [6, 6.07) is 1.85. The third-order valence-electron chi connectivity index (χ3n) is 2.21. The van der Waals surface area contributed by atoms with Gasteiger partial charge >= 0.3 is 0 Å². The molecule has 0 unspecified atom stereocenters. The Hall–Kier alpha value is -1.60. The fourth-order valence-corrected chi connectivity index (χ4v) is 2.01. The van der Waals surface area contributed by atoms with Gasteiger partial charge in [-0.15, -0.1) is 11.8 Å². The molecule has 0 aliphatic carbocycles. The lowest BCUT2D eigenvalue weighted by Crippen LogP contribution is -2.30. The van der Waals surface area contributed by atoms with Crippen LogP contribution < -0.4 is 11.5 Å². The van der Waals surface area contributed by atoms with Gasteiger partial charge in [-0.25, -0.2) is 0 Å². The molecule has 0 aliphatic heterocycles. The SMILES string of the molecule is CC(C)(N)c1noc(CSc2ccncc2N)n1. The third-order valence-corrected chi connectivity index (χ3v) is 3.28. The van der Waals surface area contributed by atoms with Gasteiger partial charge in [0.1, 0.15) is 0 Å². The maximum atomic E-state index is 5.88. The summed E-state index contributed by atoms with van der Waals surface area (Å²) in [5, 5.41) is 3.85. The highest BCUT2D eigenvalue weighted by molar-refractivity contribution is 7.98. The van der Waals surface area contributed by atoms with Gasteiger partial charge in [-0.3, -0.25) is 4.98 Å². The number of nitrogen functional groups attached to an aromatic ring is 1. The Balaban J connectivity index is 2.03. The molecule has 0 saturated heterocycles. The summed E-state index contributed by atoms with van der Waals surface area (Å²) < 4.78 is 5.13. The van der Waals surface area contributed by atoms with Gasteiger partial charge in [0.05, 0.1) is 23.2 Å². The van der Waals surface area contributed by atoms with E-state index in [9.17, 15) is 0 Å². The predicted molar refractivity (Wildman–Crippen MR) is 69.7 cm³/mol. The van der Waals surface area contributed by atoms with E-state index in [4.69, 9.17) is 16.0 Å². The van der Waals surface area contributed by atoms with Crippen molar-refractivity contribution in [1.82, 2.24) is 15.1 Å². The highest BCUT2D eigenvalue weighted by Gasteiger charge is 2.21. The molecule has 4 N–H and O–H groups in total. The van der Waals surface area contributed by atoms with Crippen LogP contribution in [0, 0.1) is 0 Å². The molecule has 0 amide bonds. The van der Waals surface area contributed by atoms with Crippen molar-refractivity contribution in [2.75, 3.05) is 5.73 Å². The zero-order valence-electron chi connectivity index (χ0n) is 10.3. The van der Waals surface area contributed by atoms with E-state index in [1.54, 1.807) is 12.4 Å². The molecule has 2 heterocycles. The monoisotopic (exact) mass is 265 g/mol. The van der Waals surface area contributed by atoms with Crippen molar-refractivity contribution >= 4 is 17.4 Å². The average Bonchev–Trinajstić information content (AvgIpc) is 2.76. The zero-order chi connectivity index (χ0) is 13.2. The number of hydrogen-bond donors (Lipinski definition) is 2. The second kappa shape index (κ2) is 4.95. The molecule has 0 atom stereocenters. The fourth-order valence-electron chi connectivity index (χ4n) is 1.24. The van der Waals surface area contributed by atoms with E-state index in [0.29, 0.717) is 23.2 Å². The molecule has 18 heavy (non-hydrogen) atoms. The van der Waals surface area contributed by atoms with Gasteiger partial charge in [-0.1, -0.05) is 5.16 Å². The van der Waals surface area contributed by atoms with Crippen molar-refractivity contribution in [1.29, 1.82) is 0 Å². The lowest BCUT2D eigenvalue weighted by Gasteiger charge is -2.11. The molecular formula is C11H15N5OS. The first-order chi connectivity index (χ1) is 8.47. The lowest BCUT2D eigenvalue weighted by atomic mass is 10.1. The normalized spacial score (nSPS) is 11.7. The van der Waals surface area contributed by atoms with E-state index < -0.39 is 5.54 Å². The standard InChI is InChI=1S/C11H15N5OS/c1-11(2,13)10-15-9(17-16-10)6-18-8-3-4-14-5-7(8)12/h3-5H,6,12-13H2,1-2H3. The minimum Gasteiger partial charge on any atom is -0.397 e. The summed E-state index contributed by atoms with van der Waals surface area (Å²) in [6.45, 7) is 3.66. The van der Waals surface area contributed by atoms with Crippen LogP contribution in [0.4, 0.5) is 5.69 Å². The molecule has 0 aromatic carbocycles. The van der Waals surface area contributed by atoms with Crippen molar-refractivity contribution in [2.24, 2.45) is 5.73 Å². The van der Waals surface area contributed by atoms with Crippen LogP contribution in [0.25, 0.3) is 0 Å². The Morgan fingerprint density at radius 1 is 1.44 bits per heavy atom. The number of thioether (sulfide) groups is 1. The van der Waals surface area contributed by atoms with Crippen molar-refractivity contribution in [3.8, 4) is 0 Å². The van der Waals surface area contributed by atoms with Crippen LogP contribution in [0.3, 0.4) is 0 Å². The molecule has 2 rings (SSSR count). The first-order valence-electron chi connectivity index (χ1n) is 5.41. The summed E-state index contributed by atoms with van der Waals surface area (Å²) in [6.07, 6.45) is 3.31. The summed E-state index contributed by atoms with van der Waals surface area (Å²) in [7, 11) is 0. The van der Waals surface area contributed by atoms with Crippen LogP contribution in [0.1, 0.15) is 25.6 Å². The molecule has 0 saturated carbocycles. The van der Waals surface area contributed by atoms with Crippen LogP contribution >= 0.6 is 11.8 Å². The topological polar surface area (TPSA) is 104 Å². The van der Waals surface area contributed by atoms with Crippen LogP contribution in [-0.4, -0.2) is 15.1 Å². The van der Waals surface area contributed by atoms with Gasteiger partial charge in [0.25, 0.3) is 0 Å². The second-order valence-corrected chi connectivity index (χ2v) is 5.45. The minimum absolute atomic E-state index is 0.501. The number of nitrogens with zero attached hydrogens (tertiary/aromatic N) is 3. The Labute approximate surface area is 109 Å². The molecule has 0 fully saturated rings. The molecule has 0 radical (unpaired) electrons. The first-order valence-corrected chi connectivity index (χ1v) is 6.39. The summed E-state index contributed by atoms with van der Waals surface area (Å²) in [5.41, 5.74) is 11.7. The smallest absolute Gasteiger partial charge is 0.237 e. The highest BCUT2D eigenvalue weighted by Crippen LogP contribution is 2.26. The molecule has 0 bridgehead atoms. The summed E-state index contributed by atoms with van der Waals surface area (Å²) in [5.74, 6) is 1.59. The quantitative estimate of drug-likeness (QED) is 0.808. The summed E-state index contributed by atoms with van der Waals surface area (Å²) >= 11 is 1.52. The van der Waals surface area contributed by atoms with Crippen LogP contribution in [-0.2, 0) is 11.3 Å². The Kier molecular flexibility index (Phi) is 3.53. The summed E-state index contributed by atoms with van der Waals surface area (Å²) in [4.78, 5) is 9.12. The number of nitrogens with two attached hydrogens (primary N) is 2. The van der Waals surface area contributed by atoms with Crippen molar-refractivity contribution in [2.45, 2.75) is 30.0 Å². The largest absolute Gasteiger partial charge is 0.397 e. The number of hydrogen-bond acceptors (Lipinski definition) is 7. The maximum Gasteiger partial charge on any atom is 0.237 e. The Morgan fingerprint density at radius 2 is 2.22 bits per heavy atom. The van der Waals surface area contributed by atoms with Crippen LogP contribution in [0.15, 0.2) is 27.9 Å². The van der Waals surface area contributed by atoms with E-state index in [1.165, 1.54) is 11.8 Å². The van der Waals surface area contributed by atoms with Gasteiger partial charge in [-0.05, 0) is 19.9 Å². The van der Waals surface area contributed by atoms with E-state index in [1.807, 2.05) is 19.9 Å². The molecule has 0 spiro atoms. The van der Waals surface area contributed by atoms with Crippen LogP contribution in [0.2, 0.25) is 0 Å². The molecular weight excluding hydrogens is 250 g/mol. The molecule has 2 aromatic rings. The van der Waals surface area contributed by atoms with Crippen molar-refractivity contribution < 1.29 is 4.52 Å². The third kappa shape index (κ3) is 2.99. The minimum atomic E-state index is -0.595. The zero-order valence-corrected chi connectivity index (χ0v) is 11.1. The van der Waals surface area contributed by atoms with Gasteiger partial charge in [0, 0.05) is 11.1 Å².